The van der Waals surface area contributed by atoms with Crippen LogP contribution in [0.25, 0.3) is 0 Å². The maximum absolute atomic E-state index is 12.2. The van der Waals surface area contributed by atoms with Crippen LogP contribution in [0.1, 0.15) is 23.9 Å². The summed E-state index contributed by atoms with van der Waals surface area (Å²) in [5.41, 5.74) is 2.82. The first-order chi connectivity index (χ1) is 13.3. The van der Waals surface area contributed by atoms with Crippen LogP contribution in [0.3, 0.4) is 0 Å². The third-order valence-corrected chi connectivity index (χ3v) is 5.19. The van der Waals surface area contributed by atoms with Crippen molar-refractivity contribution in [2.45, 2.75) is 38.5 Å². The quantitative estimate of drug-likeness (QED) is 0.628. The standard InChI is InChI=1S/C18H21N5O4S/c1-9-4-5-10(2)13(6-9)20-14(24)8-28-18-23-22-15(27-18)7-12-11(3)19-17(26)21-16(12)25/h4-6,11-12H,7-8H2,1-3H3,(H,20,24)(H2,19,21,25,26). The van der Waals surface area contributed by atoms with E-state index >= 15 is 0 Å². The zero-order valence-electron chi connectivity index (χ0n) is 15.7. The molecule has 3 N–H and O–H groups in total. The van der Waals surface area contributed by atoms with Gasteiger partial charge in [0.1, 0.15) is 0 Å². The molecule has 3 rings (SSSR count). The lowest BCUT2D eigenvalue weighted by molar-refractivity contribution is -0.125. The van der Waals surface area contributed by atoms with Gasteiger partial charge in [0.2, 0.25) is 17.7 Å². The maximum atomic E-state index is 12.2. The highest BCUT2D eigenvalue weighted by molar-refractivity contribution is 7.99. The number of hydrogen-bond acceptors (Lipinski definition) is 7. The van der Waals surface area contributed by atoms with E-state index in [9.17, 15) is 14.4 Å². The Morgan fingerprint density at radius 1 is 1.29 bits per heavy atom. The van der Waals surface area contributed by atoms with Crippen LogP contribution in [0.2, 0.25) is 0 Å². The highest BCUT2D eigenvalue weighted by Crippen LogP contribution is 2.21. The Labute approximate surface area is 166 Å². The summed E-state index contributed by atoms with van der Waals surface area (Å²) in [6.45, 7) is 5.63. The maximum Gasteiger partial charge on any atom is 0.321 e. The normalized spacial score (nSPS) is 19.1. The number of benzene rings is 1. The van der Waals surface area contributed by atoms with E-state index in [4.69, 9.17) is 4.42 Å². The number of nitrogens with zero attached hydrogens (tertiary/aromatic N) is 2. The Hall–Kier alpha value is -2.88. The molecule has 4 amide bonds. The highest BCUT2D eigenvalue weighted by atomic mass is 32.2. The molecule has 2 heterocycles. The smallest absolute Gasteiger partial charge is 0.321 e. The molecular weight excluding hydrogens is 382 g/mol. The SMILES string of the molecule is Cc1ccc(C)c(NC(=O)CSc2nnc(CC3C(=O)NC(=O)NC3C)o2)c1. The predicted octanol–water partition coefficient (Wildman–Crippen LogP) is 1.80. The molecular formula is C18H21N5O4S. The van der Waals surface area contributed by atoms with Gasteiger partial charge in [-0.3, -0.25) is 14.9 Å². The first kappa shape index (κ1) is 19.9. The van der Waals surface area contributed by atoms with Crippen LogP contribution < -0.4 is 16.0 Å². The molecule has 1 aromatic heterocycles. The van der Waals surface area contributed by atoms with Gasteiger partial charge in [-0.1, -0.05) is 23.9 Å². The Bertz CT molecular complexity index is 913. The van der Waals surface area contributed by atoms with Crippen LogP contribution in [-0.4, -0.2) is 39.8 Å². The zero-order valence-corrected chi connectivity index (χ0v) is 16.6. The van der Waals surface area contributed by atoms with Crippen molar-refractivity contribution < 1.29 is 18.8 Å². The Morgan fingerprint density at radius 2 is 2.07 bits per heavy atom. The number of urea groups is 1. The van der Waals surface area contributed by atoms with Crippen LogP contribution in [-0.2, 0) is 16.0 Å². The number of anilines is 1. The predicted molar refractivity (Wildman–Crippen MR) is 103 cm³/mol. The zero-order chi connectivity index (χ0) is 20.3. The molecule has 2 unspecified atom stereocenters. The van der Waals surface area contributed by atoms with E-state index in [0.717, 1.165) is 28.6 Å². The molecule has 10 heteroatoms. The molecule has 1 saturated heterocycles. The van der Waals surface area contributed by atoms with Crippen molar-refractivity contribution in [1.82, 2.24) is 20.8 Å². The summed E-state index contributed by atoms with van der Waals surface area (Å²) in [6, 6.07) is 5.00. The fraction of sp³-hybridized carbons (Fsp3) is 0.389. The lowest BCUT2D eigenvalue weighted by atomic mass is 9.95. The number of aryl methyl sites for hydroxylation is 2. The van der Waals surface area contributed by atoms with Gasteiger partial charge in [-0.25, -0.2) is 4.79 Å². The minimum Gasteiger partial charge on any atom is -0.416 e. The van der Waals surface area contributed by atoms with Crippen LogP contribution >= 0.6 is 11.8 Å². The molecule has 28 heavy (non-hydrogen) atoms. The topological polar surface area (TPSA) is 126 Å². The molecule has 9 nitrogen and oxygen atoms in total. The minimum absolute atomic E-state index is 0.116. The number of imide groups is 1. The number of aromatic nitrogens is 2. The molecule has 0 spiro atoms. The molecule has 1 aliphatic rings. The summed E-state index contributed by atoms with van der Waals surface area (Å²) in [5, 5.41) is 15.8. The van der Waals surface area contributed by atoms with E-state index in [1.807, 2.05) is 32.0 Å². The average molecular weight is 403 g/mol. The molecule has 0 aliphatic carbocycles. The van der Waals surface area contributed by atoms with Gasteiger partial charge in [-0.15, -0.1) is 10.2 Å². The van der Waals surface area contributed by atoms with Gasteiger partial charge < -0.3 is 15.1 Å². The van der Waals surface area contributed by atoms with E-state index in [0.29, 0.717) is 0 Å². The Kier molecular flexibility index (Phi) is 5.98. The van der Waals surface area contributed by atoms with E-state index in [1.165, 1.54) is 0 Å². The van der Waals surface area contributed by atoms with Crippen molar-refractivity contribution in [3.05, 3.63) is 35.2 Å². The largest absolute Gasteiger partial charge is 0.416 e. The van der Waals surface area contributed by atoms with Crippen molar-refractivity contribution in [2.24, 2.45) is 5.92 Å². The minimum atomic E-state index is -0.509. The van der Waals surface area contributed by atoms with Gasteiger partial charge >= 0.3 is 6.03 Å². The average Bonchev–Trinajstić information content (AvgIpc) is 3.07. The second-order valence-corrected chi connectivity index (χ2v) is 7.61. The second kappa shape index (κ2) is 8.42. The number of rotatable bonds is 6. The summed E-state index contributed by atoms with van der Waals surface area (Å²) in [5.74, 6) is -0.659. The third kappa shape index (κ3) is 4.89. The molecule has 1 fully saturated rings. The van der Waals surface area contributed by atoms with Gasteiger partial charge in [-0.05, 0) is 38.0 Å². The lowest BCUT2D eigenvalue weighted by Crippen LogP contribution is -2.57. The number of carbonyl (C=O) groups is 3. The van der Waals surface area contributed by atoms with Crippen molar-refractivity contribution in [3.63, 3.8) is 0 Å². The van der Waals surface area contributed by atoms with Crippen LogP contribution in [0.5, 0.6) is 0 Å². The van der Waals surface area contributed by atoms with Gasteiger partial charge in [0, 0.05) is 18.2 Å². The summed E-state index contributed by atoms with van der Waals surface area (Å²) in [7, 11) is 0. The second-order valence-electron chi connectivity index (χ2n) is 6.68. The lowest BCUT2D eigenvalue weighted by Gasteiger charge is -2.27. The van der Waals surface area contributed by atoms with Crippen molar-refractivity contribution in [2.75, 3.05) is 11.1 Å². The van der Waals surface area contributed by atoms with Gasteiger partial charge in [0.05, 0.1) is 11.7 Å². The molecule has 0 bridgehead atoms. The first-order valence-electron chi connectivity index (χ1n) is 8.75. The molecule has 1 aliphatic heterocycles. The molecule has 1 aromatic carbocycles. The van der Waals surface area contributed by atoms with E-state index in [-0.39, 0.29) is 41.1 Å². The fourth-order valence-electron chi connectivity index (χ4n) is 2.80. The van der Waals surface area contributed by atoms with Gasteiger partial charge in [0.15, 0.2) is 0 Å². The van der Waals surface area contributed by atoms with E-state index in [1.54, 1.807) is 6.92 Å². The number of amides is 4. The summed E-state index contributed by atoms with van der Waals surface area (Å²) >= 11 is 1.12. The fourth-order valence-corrected chi connectivity index (χ4v) is 3.38. The van der Waals surface area contributed by atoms with Crippen molar-refractivity contribution in [3.8, 4) is 0 Å². The van der Waals surface area contributed by atoms with E-state index < -0.39 is 11.9 Å². The molecule has 0 radical (unpaired) electrons. The Balaban J connectivity index is 1.53. The summed E-state index contributed by atoms with van der Waals surface area (Å²) in [6.07, 6.45) is 0.204. The van der Waals surface area contributed by atoms with Crippen LogP contribution in [0.15, 0.2) is 27.8 Å². The number of nitrogens with one attached hydrogen (secondary N) is 3. The number of carbonyl (C=O) groups excluding carboxylic acids is 3. The van der Waals surface area contributed by atoms with Crippen molar-refractivity contribution >= 4 is 35.3 Å². The molecule has 148 valence electrons. The summed E-state index contributed by atoms with van der Waals surface area (Å²) in [4.78, 5) is 35.4. The van der Waals surface area contributed by atoms with E-state index in [2.05, 4.69) is 26.1 Å². The number of hydrogen-bond donors (Lipinski definition) is 3. The molecule has 2 atom stereocenters. The van der Waals surface area contributed by atoms with Gasteiger partial charge in [-0.2, -0.15) is 0 Å². The summed E-state index contributed by atoms with van der Waals surface area (Å²) < 4.78 is 5.52. The van der Waals surface area contributed by atoms with Crippen LogP contribution in [0.4, 0.5) is 10.5 Å². The number of thioether (sulfide) groups is 1. The van der Waals surface area contributed by atoms with Crippen molar-refractivity contribution in [1.29, 1.82) is 0 Å². The van der Waals surface area contributed by atoms with Gasteiger partial charge in [0.25, 0.3) is 5.22 Å². The first-order valence-corrected chi connectivity index (χ1v) is 9.74. The molecule has 0 saturated carbocycles. The Morgan fingerprint density at radius 3 is 2.82 bits per heavy atom. The molecule has 2 aromatic rings. The third-order valence-electron chi connectivity index (χ3n) is 4.37. The highest BCUT2D eigenvalue weighted by Gasteiger charge is 2.34. The van der Waals surface area contributed by atoms with Crippen LogP contribution in [0, 0.1) is 19.8 Å². The monoisotopic (exact) mass is 403 g/mol.